The van der Waals surface area contributed by atoms with Crippen molar-refractivity contribution < 1.29 is 14.6 Å². The highest BCUT2D eigenvalue weighted by molar-refractivity contribution is 5.68. The van der Waals surface area contributed by atoms with Crippen LogP contribution in [0.1, 0.15) is 37.5 Å². The number of carbonyl (C=O) groups excluding carboxylic acids is 1. The van der Waals surface area contributed by atoms with E-state index in [1.54, 1.807) is 11.0 Å². The van der Waals surface area contributed by atoms with Gasteiger partial charge < -0.3 is 14.7 Å². The van der Waals surface area contributed by atoms with Crippen LogP contribution in [0.2, 0.25) is 0 Å². The SMILES string of the molecule is Cc1cc2c(cc1O)CCN(C(=O)OC(C)(C)C)C2. The smallest absolute Gasteiger partial charge is 0.410 e. The first-order valence-electron chi connectivity index (χ1n) is 6.55. The Balaban J connectivity index is 2.14. The summed E-state index contributed by atoms with van der Waals surface area (Å²) in [4.78, 5) is 13.7. The number of nitrogens with zero attached hydrogens (tertiary/aromatic N) is 1. The Labute approximate surface area is 114 Å². The fourth-order valence-corrected chi connectivity index (χ4v) is 2.20. The van der Waals surface area contributed by atoms with Gasteiger partial charge in [-0.15, -0.1) is 0 Å². The summed E-state index contributed by atoms with van der Waals surface area (Å²) in [6.07, 6.45) is 0.478. The molecule has 0 spiro atoms. The molecule has 1 amide bonds. The monoisotopic (exact) mass is 263 g/mol. The van der Waals surface area contributed by atoms with Crippen molar-refractivity contribution in [2.24, 2.45) is 0 Å². The Morgan fingerprint density at radius 2 is 2.00 bits per heavy atom. The zero-order valence-corrected chi connectivity index (χ0v) is 12.0. The average Bonchev–Trinajstić information content (AvgIpc) is 2.27. The quantitative estimate of drug-likeness (QED) is 0.782. The van der Waals surface area contributed by atoms with Gasteiger partial charge in [-0.05, 0) is 56.9 Å². The van der Waals surface area contributed by atoms with Crippen LogP contribution in [0.5, 0.6) is 5.75 Å². The maximum absolute atomic E-state index is 12.0. The summed E-state index contributed by atoms with van der Waals surface area (Å²) in [6, 6.07) is 3.75. The first-order valence-corrected chi connectivity index (χ1v) is 6.55. The number of fused-ring (bicyclic) bond motifs is 1. The van der Waals surface area contributed by atoms with Crippen molar-refractivity contribution in [1.82, 2.24) is 4.90 Å². The van der Waals surface area contributed by atoms with Crippen LogP contribution in [0.15, 0.2) is 12.1 Å². The van der Waals surface area contributed by atoms with E-state index in [4.69, 9.17) is 4.74 Å². The van der Waals surface area contributed by atoms with Crippen molar-refractivity contribution in [1.29, 1.82) is 0 Å². The minimum Gasteiger partial charge on any atom is -0.508 e. The lowest BCUT2D eigenvalue weighted by Gasteiger charge is -2.31. The molecule has 0 aliphatic carbocycles. The van der Waals surface area contributed by atoms with Gasteiger partial charge in [-0.1, -0.05) is 6.07 Å². The molecule has 0 saturated carbocycles. The van der Waals surface area contributed by atoms with Gasteiger partial charge in [-0.3, -0.25) is 0 Å². The summed E-state index contributed by atoms with van der Waals surface area (Å²) in [5, 5.41) is 9.70. The number of amides is 1. The van der Waals surface area contributed by atoms with Gasteiger partial charge in [0.15, 0.2) is 0 Å². The number of aryl methyl sites for hydroxylation is 1. The molecule has 19 heavy (non-hydrogen) atoms. The minimum atomic E-state index is -0.470. The van der Waals surface area contributed by atoms with Gasteiger partial charge >= 0.3 is 6.09 Å². The Bertz CT molecular complexity index is 503. The molecule has 0 aromatic heterocycles. The molecule has 0 atom stereocenters. The number of carbonyl (C=O) groups is 1. The highest BCUT2D eigenvalue weighted by Gasteiger charge is 2.26. The molecule has 0 fully saturated rings. The van der Waals surface area contributed by atoms with Crippen molar-refractivity contribution in [3.63, 3.8) is 0 Å². The largest absolute Gasteiger partial charge is 0.508 e. The molecule has 0 saturated heterocycles. The predicted octanol–water partition coefficient (Wildman–Crippen LogP) is 2.99. The Morgan fingerprint density at radius 3 is 2.63 bits per heavy atom. The first-order chi connectivity index (χ1) is 8.76. The summed E-state index contributed by atoms with van der Waals surface area (Å²) in [6.45, 7) is 8.64. The van der Waals surface area contributed by atoms with Crippen LogP contribution in [0.25, 0.3) is 0 Å². The van der Waals surface area contributed by atoms with Crippen LogP contribution in [-0.4, -0.2) is 28.2 Å². The van der Waals surface area contributed by atoms with Crippen LogP contribution in [-0.2, 0) is 17.7 Å². The van der Waals surface area contributed by atoms with Crippen molar-refractivity contribution in [2.45, 2.75) is 46.3 Å². The normalized spacial score (nSPS) is 15.1. The number of rotatable bonds is 0. The predicted molar refractivity (Wildman–Crippen MR) is 73.2 cm³/mol. The zero-order chi connectivity index (χ0) is 14.2. The maximum atomic E-state index is 12.0. The number of phenols is 1. The molecule has 2 rings (SSSR count). The van der Waals surface area contributed by atoms with E-state index >= 15 is 0 Å². The third-order valence-corrected chi connectivity index (χ3v) is 3.18. The molecule has 104 valence electrons. The highest BCUT2D eigenvalue weighted by atomic mass is 16.6. The van der Waals surface area contributed by atoms with Crippen molar-refractivity contribution in [3.05, 3.63) is 28.8 Å². The third kappa shape index (κ3) is 3.19. The molecular weight excluding hydrogens is 242 g/mol. The lowest BCUT2D eigenvalue weighted by Crippen LogP contribution is -2.39. The van der Waals surface area contributed by atoms with Crippen LogP contribution in [0.4, 0.5) is 4.79 Å². The maximum Gasteiger partial charge on any atom is 0.410 e. The van der Waals surface area contributed by atoms with E-state index in [0.29, 0.717) is 18.8 Å². The Morgan fingerprint density at radius 1 is 1.32 bits per heavy atom. The van der Waals surface area contributed by atoms with Crippen molar-refractivity contribution in [2.75, 3.05) is 6.54 Å². The number of aromatic hydroxyl groups is 1. The molecule has 4 heteroatoms. The molecule has 0 radical (unpaired) electrons. The fourth-order valence-electron chi connectivity index (χ4n) is 2.20. The van der Waals surface area contributed by atoms with E-state index in [1.165, 1.54) is 0 Å². The summed E-state index contributed by atoms with van der Waals surface area (Å²) >= 11 is 0. The van der Waals surface area contributed by atoms with Gasteiger partial charge in [0.1, 0.15) is 11.4 Å². The molecule has 1 aliphatic heterocycles. The number of benzene rings is 1. The van der Waals surface area contributed by atoms with E-state index in [9.17, 15) is 9.90 Å². The Kier molecular flexibility index (Phi) is 3.43. The van der Waals surface area contributed by atoms with Gasteiger partial charge in [-0.25, -0.2) is 4.79 Å². The van der Waals surface area contributed by atoms with Crippen LogP contribution >= 0.6 is 0 Å². The van der Waals surface area contributed by atoms with Gasteiger partial charge in [0, 0.05) is 13.1 Å². The molecule has 1 N–H and O–H groups in total. The third-order valence-electron chi connectivity index (χ3n) is 3.18. The summed E-state index contributed by atoms with van der Waals surface area (Å²) in [7, 11) is 0. The molecule has 1 heterocycles. The number of hydrogen-bond acceptors (Lipinski definition) is 3. The van der Waals surface area contributed by atoms with Gasteiger partial charge in [0.2, 0.25) is 0 Å². The molecule has 1 aromatic carbocycles. The number of phenolic OH excluding ortho intramolecular Hbond substituents is 1. The molecular formula is C15H21NO3. The fraction of sp³-hybridized carbons (Fsp3) is 0.533. The summed E-state index contributed by atoms with van der Waals surface area (Å²) in [5.41, 5.74) is 2.57. The minimum absolute atomic E-state index is 0.274. The van der Waals surface area contributed by atoms with Gasteiger partial charge in [0.25, 0.3) is 0 Å². The molecule has 4 nitrogen and oxygen atoms in total. The van der Waals surface area contributed by atoms with Gasteiger partial charge in [-0.2, -0.15) is 0 Å². The Hall–Kier alpha value is -1.71. The molecule has 0 bridgehead atoms. The van der Waals surface area contributed by atoms with E-state index < -0.39 is 5.60 Å². The van der Waals surface area contributed by atoms with E-state index in [2.05, 4.69) is 0 Å². The topological polar surface area (TPSA) is 49.8 Å². The molecule has 1 aromatic rings. The summed E-state index contributed by atoms with van der Waals surface area (Å²) in [5.74, 6) is 0.324. The first kappa shape index (κ1) is 13.7. The zero-order valence-electron chi connectivity index (χ0n) is 12.0. The number of hydrogen-bond donors (Lipinski definition) is 1. The lowest BCUT2D eigenvalue weighted by molar-refractivity contribution is 0.0224. The van der Waals surface area contributed by atoms with Crippen molar-refractivity contribution in [3.8, 4) is 5.75 Å². The second-order valence-electron chi connectivity index (χ2n) is 6.06. The standard InChI is InChI=1S/C15H21NO3/c1-10-7-12-9-16(14(18)19-15(2,3)4)6-5-11(12)8-13(10)17/h7-8,17H,5-6,9H2,1-4H3. The second-order valence-corrected chi connectivity index (χ2v) is 6.06. The van der Waals surface area contributed by atoms with Crippen molar-refractivity contribution >= 4 is 6.09 Å². The lowest BCUT2D eigenvalue weighted by atomic mass is 9.97. The van der Waals surface area contributed by atoms with Crippen LogP contribution < -0.4 is 0 Å². The number of ether oxygens (including phenoxy) is 1. The van der Waals surface area contributed by atoms with Crippen LogP contribution in [0.3, 0.4) is 0 Å². The second kappa shape index (κ2) is 4.76. The highest BCUT2D eigenvalue weighted by Crippen LogP contribution is 2.27. The van der Waals surface area contributed by atoms with Gasteiger partial charge in [0.05, 0.1) is 0 Å². The average molecular weight is 263 g/mol. The summed E-state index contributed by atoms with van der Waals surface area (Å²) < 4.78 is 5.38. The molecule has 1 aliphatic rings. The van der Waals surface area contributed by atoms with E-state index in [0.717, 1.165) is 23.1 Å². The van der Waals surface area contributed by atoms with E-state index in [1.807, 2.05) is 33.8 Å². The molecule has 0 unspecified atom stereocenters. The van der Waals surface area contributed by atoms with E-state index in [-0.39, 0.29) is 6.09 Å². The van der Waals surface area contributed by atoms with Crippen LogP contribution in [0, 0.1) is 6.92 Å².